The molecule has 1 aliphatic heterocycles. The van der Waals surface area contributed by atoms with Gasteiger partial charge in [0.1, 0.15) is 17.2 Å². The second kappa shape index (κ2) is 11.3. The van der Waals surface area contributed by atoms with Crippen LogP contribution in [-0.2, 0) is 4.79 Å². The molecule has 2 aliphatic rings. The first-order chi connectivity index (χ1) is 17.2. The highest BCUT2D eigenvalue weighted by Crippen LogP contribution is 2.33. The number of furan rings is 1. The maximum atomic E-state index is 14.1. The molecular weight excluding hydrogens is 439 g/mol. The van der Waals surface area contributed by atoms with Gasteiger partial charge in [0.15, 0.2) is 0 Å². The number of carbonyl (C=O) groups is 1. The van der Waals surface area contributed by atoms with Gasteiger partial charge in [0.25, 0.3) is 0 Å². The highest BCUT2D eigenvalue weighted by atomic mass is 19.1. The van der Waals surface area contributed by atoms with E-state index in [0.717, 1.165) is 75.8 Å². The molecular formula is C30H35FN2O2. The molecule has 3 aromatic rings. The van der Waals surface area contributed by atoms with E-state index in [1.54, 1.807) is 12.3 Å². The number of nitrogens with zero attached hydrogens (tertiary/aromatic N) is 2. The molecule has 0 amide bonds. The van der Waals surface area contributed by atoms with Gasteiger partial charge in [-0.2, -0.15) is 0 Å². The van der Waals surface area contributed by atoms with Crippen molar-refractivity contribution in [2.75, 3.05) is 19.6 Å². The summed E-state index contributed by atoms with van der Waals surface area (Å²) in [6.45, 7) is 2.75. The van der Waals surface area contributed by atoms with E-state index in [1.807, 2.05) is 30.5 Å². The van der Waals surface area contributed by atoms with Gasteiger partial charge in [0.05, 0.1) is 23.3 Å². The Labute approximate surface area is 207 Å². The summed E-state index contributed by atoms with van der Waals surface area (Å²) in [6.07, 6.45) is 15.1. The summed E-state index contributed by atoms with van der Waals surface area (Å²) in [7, 11) is 0. The number of pyridine rings is 1. The van der Waals surface area contributed by atoms with Crippen LogP contribution in [-0.4, -0.2) is 35.3 Å². The molecule has 0 radical (unpaired) electrons. The summed E-state index contributed by atoms with van der Waals surface area (Å²) in [5.41, 5.74) is 3.75. The lowest BCUT2D eigenvalue weighted by Crippen LogP contribution is -2.30. The number of Topliss-reactive ketones (excluding diaryl/α,β-unsaturated/α-hetero) is 1. The predicted octanol–water partition coefficient (Wildman–Crippen LogP) is 7.16. The van der Waals surface area contributed by atoms with Crippen LogP contribution >= 0.6 is 0 Å². The lowest BCUT2D eigenvalue weighted by atomic mass is 9.83. The van der Waals surface area contributed by atoms with Crippen LogP contribution in [0.4, 0.5) is 4.39 Å². The van der Waals surface area contributed by atoms with E-state index < -0.39 is 0 Å². The average Bonchev–Trinajstić information content (AvgIpc) is 3.07. The van der Waals surface area contributed by atoms with E-state index in [4.69, 9.17) is 4.42 Å². The number of halogens is 1. The van der Waals surface area contributed by atoms with Gasteiger partial charge >= 0.3 is 0 Å². The van der Waals surface area contributed by atoms with Crippen LogP contribution < -0.4 is 0 Å². The van der Waals surface area contributed by atoms with Crippen LogP contribution in [0.15, 0.2) is 59.4 Å². The van der Waals surface area contributed by atoms with Crippen LogP contribution in [0.25, 0.3) is 16.5 Å². The number of hydrogen-bond donors (Lipinski definition) is 0. The minimum absolute atomic E-state index is 0.130. The Morgan fingerprint density at radius 2 is 1.94 bits per heavy atom. The van der Waals surface area contributed by atoms with Gasteiger partial charge < -0.3 is 9.32 Å². The first-order valence-corrected chi connectivity index (χ1v) is 13.2. The van der Waals surface area contributed by atoms with Crippen LogP contribution in [0.5, 0.6) is 0 Å². The van der Waals surface area contributed by atoms with Crippen molar-refractivity contribution in [3.63, 3.8) is 0 Å². The van der Waals surface area contributed by atoms with Gasteiger partial charge in [-0.05, 0) is 74.6 Å². The lowest BCUT2D eigenvalue weighted by Gasteiger charge is -2.25. The number of ketones is 1. The fraction of sp³-hybridized carbons (Fsp3) is 0.467. The minimum Gasteiger partial charge on any atom is -0.464 e. The fourth-order valence-electron chi connectivity index (χ4n) is 5.84. The normalized spacial score (nSPS) is 19.2. The summed E-state index contributed by atoms with van der Waals surface area (Å²) < 4.78 is 19.8. The molecule has 184 valence electrons. The summed E-state index contributed by atoms with van der Waals surface area (Å²) in [4.78, 5) is 20.7. The molecule has 5 rings (SSSR count). The molecule has 3 heterocycles. The van der Waals surface area contributed by atoms with Crippen molar-refractivity contribution in [2.45, 2.75) is 63.7 Å². The summed E-state index contributed by atoms with van der Waals surface area (Å²) >= 11 is 0. The molecule has 0 spiro atoms. The van der Waals surface area contributed by atoms with Crippen molar-refractivity contribution in [2.24, 2.45) is 5.92 Å². The third kappa shape index (κ3) is 5.56. The Morgan fingerprint density at radius 3 is 2.74 bits per heavy atom. The van der Waals surface area contributed by atoms with Crippen molar-refractivity contribution in [1.82, 2.24) is 9.88 Å². The number of aromatic nitrogens is 1. The minimum atomic E-state index is -0.243. The molecule has 1 saturated carbocycles. The van der Waals surface area contributed by atoms with Crippen molar-refractivity contribution in [3.05, 3.63) is 72.0 Å². The maximum absolute atomic E-state index is 14.1. The molecule has 1 aromatic carbocycles. The van der Waals surface area contributed by atoms with Gasteiger partial charge in [-0.25, -0.2) is 4.39 Å². The molecule has 0 N–H and O–H groups in total. The van der Waals surface area contributed by atoms with E-state index in [0.29, 0.717) is 16.8 Å². The van der Waals surface area contributed by atoms with E-state index in [1.165, 1.54) is 24.5 Å². The molecule has 1 aliphatic carbocycles. The summed E-state index contributed by atoms with van der Waals surface area (Å²) in [6, 6.07) is 11.0. The molecule has 2 aromatic heterocycles. The van der Waals surface area contributed by atoms with Crippen molar-refractivity contribution in [1.29, 1.82) is 0 Å². The first-order valence-electron chi connectivity index (χ1n) is 13.2. The van der Waals surface area contributed by atoms with Gasteiger partial charge in [0.2, 0.25) is 0 Å². The number of benzene rings is 1. The molecule has 1 fully saturated rings. The summed E-state index contributed by atoms with van der Waals surface area (Å²) in [5, 5.41) is 0.541. The van der Waals surface area contributed by atoms with Gasteiger partial charge in [0, 0.05) is 30.8 Å². The molecule has 35 heavy (non-hydrogen) atoms. The van der Waals surface area contributed by atoms with Gasteiger partial charge in [-0.1, -0.05) is 37.8 Å². The average molecular weight is 475 g/mol. The Balaban J connectivity index is 1.25. The van der Waals surface area contributed by atoms with Crippen molar-refractivity contribution < 1.29 is 13.6 Å². The monoisotopic (exact) mass is 474 g/mol. The smallest absolute Gasteiger partial charge is 0.145 e. The van der Waals surface area contributed by atoms with E-state index in [2.05, 4.69) is 16.0 Å². The molecule has 0 saturated heterocycles. The second-order valence-corrected chi connectivity index (χ2v) is 10.1. The van der Waals surface area contributed by atoms with Crippen molar-refractivity contribution >= 4 is 22.3 Å². The Morgan fingerprint density at radius 1 is 1.09 bits per heavy atom. The third-order valence-corrected chi connectivity index (χ3v) is 7.82. The molecule has 1 unspecified atom stereocenters. The first kappa shape index (κ1) is 23.9. The Hall–Kier alpha value is -2.79. The fourth-order valence-corrected chi connectivity index (χ4v) is 5.84. The number of fused-ring (bicyclic) bond motifs is 1. The van der Waals surface area contributed by atoms with Gasteiger partial charge in [-0.15, -0.1) is 0 Å². The van der Waals surface area contributed by atoms with Crippen LogP contribution in [0.3, 0.4) is 0 Å². The third-order valence-electron chi connectivity index (χ3n) is 7.82. The largest absolute Gasteiger partial charge is 0.464 e. The topological polar surface area (TPSA) is 46.3 Å². The second-order valence-electron chi connectivity index (χ2n) is 10.1. The standard InChI is InChI=1S/C30H35FN2O2/c31-27-13-12-24(30-25(27)16-21-35-30)22-10-7-18-33(19-14-22)20-15-26(28-11-5-6-17-32-28)29(34)23-8-3-1-2-4-9-23/h5-6,10-13,16-17,21,23,26H,1-4,7-9,14-15,18-20H2. The lowest BCUT2D eigenvalue weighted by molar-refractivity contribution is -0.125. The zero-order valence-corrected chi connectivity index (χ0v) is 20.4. The number of carbonyl (C=O) groups excluding carboxylic acids is 1. The number of hydrogen-bond acceptors (Lipinski definition) is 4. The summed E-state index contributed by atoms with van der Waals surface area (Å²) in [5.74, 6) is 0.198. The molecule has 5 heteroatoms. The highest BCUT2D eigenvalue weighted by Gasteiger charge is 2.30. The number of rotatable bonds is 7. The Kier molecular flexibility index (Phi) is 7.72. The maximum Gasteiger partial charge on any atom is 0.145 e. The predicted molar refractivity (Wildman–Crippen MR) is 138 cm³/mol. The van der Waals surface area contributed by atoms with E-state index in [9.17, 15) is 9.18 Å². The zero-order valence-electron chi connectivity index (χ0n) is 20.4. The molecule has 1 atom stereocenters. The molecule has 4 nitrogen and oxygen atoms in total. The van der Waals surface area contributed by atoms with E-state index in [-0.39, 0.29) is 17.7 Å². The van der Waals surface area contributed by atoms with Crippen LogP contribution in [0.1, 0.15) is 75.0 Å². The quantitative estimate of drug-likeness (QED) is 0.341. The van der Waals surface area contributed by atoms with Gasteiger partial charge in [-0.3, -0.25) is 9.78 Å². The van der Waals surface area contributed by atoms with E-state index >= 15 is 0 Å². The molecule has 0 bridgehead atoms. The SMILES string of the molecule is O=C(C1CCCCCC1)C(CCN1CCC=C(c2ccc(F)c3ccoc23)CC1)c1ccccn1. The van der Waals surface area contributed by atoms with Crippen LogP contribution in [0.2, 0.25) is 0 Å². The van der Waals surface area contributed by atoms with Crippen LogP contribution in [0, 0.1) is 11.7 Å². The highest BCUT2D eigenvalue weighted by molar-refractivity contribution is 5.90. The Bertz CT molecular complexity index is 1160. The zero-order chi connectivity index (χ0) is 24.0. The van der Waals surface area contributed by atoms with Crippen molar-refractivity contribution in [3.8, 4) is 0 Å².